The Labute approximate surface area is 133 Å². The van der Waals surface area contributed by atoms with Crippen LogP contribution in [-0.4, -0.2) is 7.11 Å². The molecule has 0 aliphatic carbocycles. The van der Waals surface area contributed by atoms with E-state index in [1.165, 1.54) is 0 Å². The molecule has 0 aliphatic heterocycles. The molecule has 2 N–H and O–H groups in total. The Kier molecular flexibility index (Phi) is 4.74. The second kappa shape index (κ2) is 6.17. The first-order chi connectivity index (χ1) is 9.42. The lowest BCUT2D eigenvalue weighted by atomic mass is 9.87. The minimum absolute atomic E-state index is 0.446. The van der Waals surface area contributed by atoms with E-state index >= 15 is 0 Å². The highest BCUT2D eigenvalue weighted by molar-refractivity contribution is 9.10. The molecule has 0 saturated heterocycles. The SMILES string of the molecule is COc1ccc(CC(C)(N)c2ccc(Cl)cc2)cc1Br. The predicted molar refractivity (Wildman–Crippen MR) is 87.4 cm³/mol. The number of benzene rings is 2. The van der Waals surface area contributed by atoms with Gasteiger partial charge in [0.1, 0.15) is 5.75 Å². The van der Waals surface area contributed by atoms with E-state index in [0.717, 1.165) is 32.8 Å². The third-order valence-corrected chi connectivity index (χ3v) is 4.16. The molecule has 20 heavy (non-hydrogen) atoms. The highest BCUT2D eigenvalue weighted by Gasteiger charge is 2.22. The van der Waals surface area contributed by atoms with Crippen molar-refractivity contribution in [1.29, 1.82) is 0 Å². The lowest BCUT2D eigenvalue weighted by Crippen LogP contribution is -2.35. The first kappa shape index (κ1) is 15.4. The summed E-state index contributed by atoms with van der Waals surface area (Å²) in [6.45, 7) is 2.02. The second-order valence-electron chi connectivity index (χ2n) is 5.07. The second-order valence-corrected chi connectivity index (χ2v) is 6.36. The lowest BCUT2D eigenvalue weighted by molar-refractivity contribution is 0.411. The average Bonchev–Trinajstić information content (AvgIpc) is 2.39. The molecule has 2 nitrogen and oxygen atoms in total. The van der Waals surface area contributed by atoms with Gasteiger partial charge in [0.15, 0.2) is 0 Å². The van der Waals surface area contributed by atoms with E-state index in [9.17, 15) is 0 Å². The topological polar surface area (TPSA) is 35.2 Å². The van der Waals surface area contributed by atoms with Crippen LogP contribution in [0.3, 0.4) is 0 Å². The van der Waals surface area contributed by atoms with Crippen LogP contribution in [0.25, 0.3) is 0 Å². The van der Waals surface area contributed by atoms with Gasteiger partial charge in [0.25, 0.3) is 0 Å². The van der Waals surface area contributed by atoms with E-state index in [1.54, 1.807) is 7.11 Å². The molecule has 0 fully saturated rings. The zero-order chi connectivity index (χ0) is 14.8. The van der Waals surface area contributed by atoms with Gasteiger partial charge in [-0.2, -0.15) is 0 Å². The molecule has 4 heteroatoms. The molecule has 0 radical (unpaired) electrons. The summed E-state index contributed by atoms with van der Waals surface area (Å²) in [6, 6.07) is 13.7. The van der Waals surface area contributed by atoms with Crippen molar-refractivity contribution < 1.29 is 4.74 Å². The highest BCUT2D eigenvalue weighted by Crippen LogP contribution is 2.29. The molecule has 0 spiro atoms. The van der Waals surface area contributed by atoms with Crippen molar-refractivity contribution in [2.45, 2.75) is 18.9 Å². The largest absolute Gasteiger partial charge is 0.496 e. The first-order valence-electron chi connectivity index (χ1n) is 6.30. The fourth-order valence-corrected chi connectivity index (χ4v) is 2.89. The Bertz CT molecular complexity index is 596. The normalized spacial score (nSPS) is 13.8. The third kappa shape index (κ3) is 3.54. The Balaban J connectivity index is 2.23. The number of ether oxygens (including phenoxy) is 1. The molecule has 106 valence electrons. The van der Waals surface area contributed by atoms with Crippen molar-refractivity contribution >= 4 is 27.5 Å². The fourth-order valence-electron chi connectivity index (χ4n) is 2.18. The zero-order valence-corrected chi connectivity index (χ0v) is 13.8. The van der Waals surface area contributed by atoms with Gasteiger partial charge in [-0.3, -0.25) is 0 Å². The van der Waals surface area contributed by atoms with E-state index in [2.05, 4.69) is 15.9 Å². The molecule has 2 aromatic carbocycles. The van der Waals surface area contributed by atoms with Gasteiger partial charge in [-0.1, -0.05) is 29.8 Å². The summed E-state index contributed by atoms with van der Waals surface area (Å²) in [5.41, 5.74) is 8.22. The molecule has 1 atom stereocenters. The van der Waals surface area contributed by atoms with Gasteiger partial charge in [0.2, 0.25) is 0 Å². The van der Waals surface area contributed by atoms with Crippen molar-refractivity contribution in [3.63, 3.8) is 0 Å². The van der Waals surface area contributed by atoms with Crippen molar-refractivity contribution in [2.75, 3.05) is 7.11 Å². The van der Waals surface area contributed by atoms with Gasteiger partial charge in [-0.15, -0.1) is 0 Å². The minimum atomic E-state index is -0.446. The highest BCUT2D eigenvalue weighted by atomic mass is 79.9. The number of methoxy groups -OCH3 is 1. The summed E-state index contributed by atoms with van der Waals surface area (Å²) >= 11 is 9.41. The summed E-state index contributed by atoms with van der Waals surface area (Å²) in [6.07, 6.45) is 0.733. The van der Waals surface area contributed by atoms with Gasteiger partial charge in [-0.25, -0.2) is 0 Å². The van der Waals surface area contributed by atoms with Gasteiger partial charge < -0.3 is 10.5 Å². The monoisotopic (exact) mass is 353 g/mol. The number of hydrogen-bond donors (Lipinski definition) is 1. The number of rotatable bonds is 4. The standard InChI is InChI=1S/C16H17BrClNO/c1-16(19,12-4-6-13(18)7-5-12)10-11-3-8-15(20-2)14(17)9-11/h3-9H,10,19H2,1-2H3. The molecule has 0 aliphatic rings. The van der Waals surface area contributed by atoms with Crippen molar-refractivity contribution in [3.05, 3.63) is 63.1 Å². The number of hydrogen-bond acceptors (Lipinski definition) is 2. The van der Waals surface area contributed by atoms with Crippen molar-refractivity contribution in [2.24, 2.45) is 5.73 Å². The van der Waals surface area contributed by atoms with Crippen LogP contribution in [-0.2, 0) is 12.0 Å². The number of nitrogens with two attached hydrogens (primary N) is 1. The summed E-state index contributed by atoms with van der Waals surface area (Å²) < 4.78 is 6.17. The number of halogens is 2. The van der Waals surface area contributed by atoms with Crippen LogP contribution in [0, 0.1) is 0 Å². The molecule has 1 unspecified atom stereocenters. The molecule has 2 aromatic rings. The molecule has 0 amide bonds. The van der Waals surface area contributed by atoms with Gasteiger partial charge >= 0.3 is 0 Å². The predicted octanol–water partition coefficient (Wildman–Crippen LogP) is 4.53. The summed E-state index contributed by atoms with van der Waals surface area (Å²) in [5, 5.41) is 0.719. The van der Waals surface area contributed by atoms with Gasteiger partial charge in [0.05, 0.1) is 11.6 Å². The summed E-state index contributed by atoms with van der Waals surface area (Å²) in [5.74, 6) is 0.818. The van der Waals surface area contributed by atoms with E-state index in [0.29, 0.717) is 0 Å². The fraction of sp³-hybridized carbons (Fsp3) is 0.250. The van der Waals surface area contributed by atoms with E-state index < -0.39 is 5.54 Å². The van der Waals surface area contributed by atoms with E-state index in [4.69, 9.17) is 22.1 Å². The Hall–Kier alpha value is -1.03. The molecule has 2 rings (SSSR count). The average molecular weight is 355 g/mol. The molecule has 0 heterocycles. The van der Waals surface area contributed by atoms with Crippen LogP contribution < -0.4 is 10.5 Å². The maximum absolute atomic E-state index is 6.45. The Morgan fingerprint density at radius 3 is 2.40 bits per heavy atom. The molecular formula is C16H17BrClNO. The Morgan fingerprint density at radius 1 is 1.20 bits per heavy atom. The van der Waals surface area contributed by atoms with Gasteiger partial charge in [-0.05, 0) is 64.7 Å². The summed E-state index contributed by atoms with van der Waals surface area (Å²) in [7, 11) is 1.65. The smallest absolute Gasteiger partial charge is 0.133 e. The first-order valence-corrected chi connectivity index (χ1v) is 7.47. The quantitative estimate of drug-likeness (QED) is 0.875. The van der Waals surface area contributed by atoms with Gasteiger partial charge in [0, 0.05) is 10.6 Å². The zero-order valence-electron chi connectivity index (χ0n) is 11.5. The van der Waals surface area contributed by atoms with Crippen LogP contribution in [0.15, 0.2) is 46.9 Å². The van der Waals surface area contributed by atoms with Crippen LogP contribution in [0.1, 0.15) is 18.1 Å². The minimum Gasteiger partial charge on any atom is -0.496 e. The molecule has 0 aromatic heterocycles. The maximum atomic E-state index is 6.45. The van der Waals surface area contributed by atoms with E-state index in [1.807, 2.05) is 49.4 Å². The van der Waals surface area contributed by atoms with E-state index in [-0.39, 0.29) is 0 Å². The van der Waals surface area contributed by atoms with Crippen LogP contribution >= 0.6 is 27.5 Å². The van der Waals surface area contributed by atoms with Crippen molar-refractivity contribution in [3.8, 4) is 5.75 Å². The molecular weight excluding hydrogens is 338 g/mol. The molecule has 0 saturated carbocycles. The summed E-state index contributed by atoms with van der Waals surface area (Å²) in [4.78, 5) is 0. The van der Waals surface area contributed by atoms with Crippen molar-refractivity contribution in [1.82, 2.24) is 0 Å². The van der Waals surface area contributed by atoms with Crippen LogP contribution in [0.4, 0.5) is 0 Å². The van der Waals surface area contributed by atoms with Crippen LogP contribution in [0.2, 0.25) is 5.02 Å². The molecule has 0 bridgehead atoms. The Morgan fingerprint density at radius 2 is 1.85 bits per heavy atom. The van der Waals surface area contributed by atoms with Crippen LogP contribution in [0.5, 0.6) is 5.75 Å². The third-order valence-electron chi connectivity index (χ3n) is 3.29. The maximum Gasteiger partial charge on any atom is 0.133 e. The lowest BCUT2D eigenvalue weighted by Gasteiger charge is -2.25.